The van der Waals surface area contributed by atoms with Crippen LogP contribution in [0, 0.1) is 0 Å². The molecule has 0 atom stereocenters. The molecule has 0 aliphatic rings. The highest BCUT2D eigenvalue weighted by atomic mass is 15.1. The topological polar surface area (TPSA) is 17.8 Å². The lowest BCUT2D eigenvalue weighted by Crippen LogP contribution is -2.23. The first-order valence-electron chi connectivity index (χ1n) is 4.46. The van der Waals surface area contributed by atoms with Crippen molar-refractivity contribution in [1.82, 2.24) is 9.55 Å². The molecule has 0 saturated carbocycles. The molecule has 0 N–H and O–H groups in total. The summed E-state index contributed by atoms with van der Waals surface area (Å²) in [6.07, 6.45) is 3.93. The highest BCUT2D eigenvalue weighted by molar-refractivity contribution is 5.01. The normalized spacial score (nSPS) is 12.5. The third-order valence-corrected chi connectivity index (χ3v) is 1.91. The lowest BCUT2D eigenvalue weighted by molar-refractivity contribution is 0.376. The maximum atomic E-state index is 4.35. The summed E-state index contributed by atoms with van der Waals surface area (Å²) in [5.74, 6) is 1.67. The lowest BCUT2D eigenvalue weighted by Gasteiger charge is -2.24. The van der Waals surface area contributed by atoms with Crippen LogP contribution in [-0.2, 0) is 5.54 Å². The van der Waals surface area contributed by atoms with Gasteiger partial charge in [0.2, 0.25) is 0 Å². The van der Waals surface area contributed by atoms with Crippen LogP contribution in [0.25, 0.3) is 0 Å². The van der Waals surface area contributed by atoms with Crippen LogP contribution in [-0.4, -0.2) is 9.55 Å². The molecule has 1 aromatic heterocycles. The van der Waals surface area contributed by atoms with Crippen LogP contribution >= 0.6 is 0 Å². The average molecular weight is 166 g/mol. The van der Waals surface area contributed by atoms with E-state index in [2.05, 4.69) is 50.4 Å². The maximum Gasteiger partial charge on any atom is 0.111 e. The maximum absolute atomic E-state index is 4.35. The summed E-state index contributed by atoms with van der Waals surface area (Å²) < 4.78 is 2.23. The zero-order valence-electron chi connectivity index (χ0n) is 8.63. The molecule has 0 amide bonds. The molecule has 0 aliphatic carbocycles. The fraction of sp³-hybridized carbons (Fsp3) is 0.700. The van der Waals surface area contributed by atoms with Gasteiger partial charge in [-0.25, -0.2) is 4.98 Å². The molecule has 0 aromatic carbocycles. The van der Waals surface area contributed by atoms with E-state index >= 15 is 0 Å². The Balaban J connectivity index is 3.08. The summed E-state index contributed by atoms with van der Waals surface area (Å²) in [5, 5.41) is 0. The van der Waals surface area contributed by atoms with Crippen LogP contribution in [0.1, 0.15) is 46.4 Å². The van der Waals surface area contributed by atoms with E-state index in [1.54, 1.807) is 0 Å². The van der Waals surface area contributed by atoms with Crippen molar-refractivity contribution in [2.24, 2.45) is 0 Å². The lowest BCUT2D eigenvalue weighted by atomic mass is 10.1. The summed E-state index contributed by atoms with van der Waals surface area (Å²) in [7, 11) is 0. The molecule has 2 nitrogen and oxygen atoms in total. The van der Waals surface area contributed by atoms with Gasteiger partial charge in [-0.1, -0.05) is 13.8 Å². The fourth-order valence-corrected chi connectivity index (χ4v) is 1.31. The van der Waals surface area contributed by atoms with Gasteiger partial charge in [0, 0.05) is 23.9 Å². The molecule has 0 unspecified atom stereocenters. The second-order valence-corrected chi connectivity index (χ2v) is 4.48. The number of aromatic nitrogens is 2. The van der Waals surface area contributed by atoms with Crippen LogP contribution in [0.3, 0.4) is 0 Å². The van der Waals surface area contributed by atoms with Gasteiger partial charge in [0.05, 0.1) is 0 Å². The minimum absolute atomic E-state index is 0.149. The minimum Gasteiger partial charge on any atom is -0.329 e. The molecule has 0 spiro atoms. The summed E-state index contributed by atoms with van der Waals surface area (Å²) in [6.45, 7) is 10.9. The SMILES string of the molecule is CC(C)c1nccn1C(C)(C)C. The highest BCUT2D eigenvalue weighted by Crippen LogP contribution is 2.20. The molecule has 0 saturated heterocycles. The molecule has 0 fully saturated rings. The predicted molar refractivity (Wildman–Crippen MR) is 51.3 cm³/mol. The number of rotatable bonds is 1. The molecule has 1 aromatic rings. The van der Waals surface area contributed by atoms with Gasteiger partial charge in [0.15, 0.2) is 0 Å². The van der Waals surface area contributed by atoms with Crippen molar-refractivity contribution in [3.63, 3.8) is 0 Å². The van der Waals surface area contributed by atoms with Crippen LogP contribution in [0.15, 0.2) is 12.4 Å². The van der Waals surface area contributed by atoms with Crippen molar-refractivity contribution in [2.75, 3.05) is 0 Å². The first-order valence-corrected chi connectivity index (χ1v) is 4.46. The van der Waals surface area contributed by atoms with Gasteiger partial charge in [0.1, 0.15) is 5.82 Å². The Bertz CT molecular complexity index is 253. The molecule has 68 valence electrons. The number of hydrogen-bond donors (Lipinski definition) is 0. The van der Waals surface area contributed by atoms with E-state index in [1.165, 1.54) is 5.82 Å². The second-order valence-electron chi connectivity index (χ2n) is 4.48. The summed E-state index contributed by atoms with van der Waals surface area (Å²) in [4.78, 5) is 4.35. The Morgan fingerprint density at radius 1 is 1.33 bits per heavy atom. The molecule has 2 heteroatoms. The van der Waals surface area contributed by atoms with Crippen molar-refractivity contribution in [2.45, 2.75) is 46.1 Å². The van der Waals surface area contributed by atoms with Gasteiger partial charge in [-0.15, -0.1) is 0 Å². The molecular weight excluding hydrogens is 148 g/mol. The smallest absolute Gasteiger partial charge is 0.111 e. The quantitative estimate of drug-likeness (QED) is 0.627. The number of imidazole rings is 1. The Kier molecular flexibility index (Phi) is 2.27. The van der Waals surface area contributed by atoms with Crippen LogP contribution in [0.4, 0.5) is 0 Å². The van der Waals surface area contributed by atoms with Crippen LogP contribution < -0.4 is 0 Å². The Hall–Kier alpha value is -0.790. The van der Waals surface area contributed by atoms with E-state index in [0.717, 1.165) is 0 Å². The summed E-state index contributed by atoms with van der Waals surface area (Å²) >= 11 is 0. The zero-order valence-corrected chi connectivity index (χ0v) is 8.63. The van der Waals surface area contributed by atoms with E-state index in [1.807, 2.05) is 6.20 Å². The van der Waals surface area contributed by atoms with E-state index < -0.39 is 0 Å². The Morgan fingerprint density at radius 3 is 2.25 bits per heavy atom. The van der Waals surface area contributed by atoms with Crippen LogP contribution in [0.2, 0.25) is 0 Å². The molecular formula is C10H18N2. The first kappa shape index (κ1) is 9.30. The zero-order chi connectivity index (χ0) is 9.35. The molecule has 12 heavy (non-hydrogen) atoms. The van der Waals surface area contributed by atoms with E-state index in [4.69, 9.17) is 0 Å². The van der Waals surface area contributed by atoms with Crippen molar-refractivity contribution in [3.8, 4) is 0 Å². The molecule has 0 aliphatic heterocycles. The van der Waals surface area contributed by atoms with E-state index in [-0.39, 0.29) is 5.54 Å². The number of nitrogens with zero attached hydrogens (tertiary/aromatic N) is 2. The average Bonchev–Trinajstić information content (AvgIpc) is 2.30. The second kappa shape index (κ2) is 2.92. The standard InChI is InChI=1S/C10H18N2/c1-8(2)9-11-6-7-12(9)10(3,4)5/h6-8H,1-5H3. The van der Waals surface area contributed by atoms with Gasteiger partial charge in [-0.05, 0) is 20.8 Å². The van der Waals surface area contributed by atoms with Crippen molar-refractivity contribution < 1.29 is 0 Å². The van der Waals surface area contributed by atoms with Crippen molar-refractivity contribution in [1.29, 1.82) is 0 Å². The third kappa shape index (κ3) is 1.68. The van der Waals surface area contributed by atoms with Crippen LogP contribution in [0.5, 0.6) is 0 Å². The monoisotopic (exact) mass is 166 g/mol. The van der Waals surface area contributed by atoms with Crippen molar-refractivity contribution in [3.05, 3.63) is 18.2 Å². The molecule has 0 radical (unpaired) electrons. The Labute approximate surface area is 74.6 Å². The first-order chi connectivity index (χ1) is 5.43. The highest BCUT2D eigenvalue weighted by Gasteiger charge is 2.17. The minimum atomic E-state index is 0.149. The van der Waals surface area contributed by atoms with Gasteiger partial charge >= 0.3 is 0 Å². The summed E-state index contributed by atoms with van der Waals surface area (Å²) in [5.41, 5.74) is 0.149. The number of hydrogen-bond acceptors (Lipinski definition) is 1. The largest absolute Gasteiger partial charge is 0.329 e. The molecule has 1 heterocycles. The Morgan fingerprint density at radius 2 is 1.92 bits per heavy atom. The predicted octanol–water partition coefficient (Wildman–Crippen LogP) is 2.76. The third-order valence-electron chi connectivity index (χ3n) is 1.91. The van der Waals surface area contributed by atoms with E-state index in [9.17, 15) is 0 Å². The van der Waals surface area contributed by atoms with Crippen molar-refractivity contribution >= 4 is 0 Å². The fourth-order valence-electron chi connectivity index (χ4n) is 1.31. The van der Waals surface area contributed by atoms with Gasteiger partial charge in [0.25, 0.3) is 0 Å². The molecule has 0 bridgehead atoms. The van der Waals surface area contributed by atoms with Gasteiger partial charge in [-0.2, -0.15) is 0 Å². The van der Waals surface area contributed by atoms with E-state index in [0.29, 0.717) is 5.92 Å². The van der Waals surface area contributed by atoms with Gasteiger partial charge < -0.3 is 4.57 Å². The molecule has 1 rings (SSSR count). The summed E-state index contributed by atoms with van der Waals surface area (Å²) in [6, 6.07) is 0. The van der Waals surface area contributed by atoms with Gasteiger partial charge in [-0.3, -0.25) is 0 Å².